The third-order valence-corrected chi connectivity index (χ3v) is 2.30. The van der Waals surface area contributed by atoms with Crippen LogP contribution in [0.2, 0.25) is 0 Å². The average Bonchev–Trinajstić information content (AvgIpc) is 2.58. The lowest BCUT2D eigenvalue weighted by Crippen LogP contribution is -2.29. The van der Waals surface area contributed by atoms with E-state index in [1.54, 1.807) is 0 Å². The van der Waals surface area contributed by atoms with Gasteiger partial charge in [-0.25, -0.2) is 0 Å². The summed E-state index contributed by atoms with van der Waals surface area (Å²) in [5.74, 6) is 0. The maximum atomic E-state index is 3.40. The topological polar surface area (TPSA) is 15.3 Å². The van der Waals surface area contributed by atoms with Gasteiger partial charge in [0.1, 0.15) is 0 Å². The van der Waals surface area contributed by atoms with Gasteiger partial charge in [-0.3, -0.25) is 5.01 Å². The van der Waals surface area contributed by atoms with Crippen molar-refractivity contribution in [3.63, 3.8) is 0 Å². The van der Waals surface area contributed by atoms with Gasteiger partial charge in [0.25, 0.3) is 0 Å². The number of rotatable bonds is 1. The van der Waals surface area contributed by atoms with Crippen LogP contribution in [-0.2, 0) is 0 Å². The largest absolute Gasteiger partial charge is 0.306 e. The molecule has 1 aromatic rings. The summed E-state index contributed by atoms with van der Waals surface area (Å²) >= 11 is 3.40. The molecule has 1 aromatic carbocycles. The van der Waals surface area contributed by atoms with Gasteiger partial charge in [-0.05, 0) is 30.3 Å². The zero-order valence-corrected chi connectivity index (χ0v) is 8.08. The third kappa shape index (κ3) is 1.46. The normalized spacial score (nSPS) is 14.9. The molecule has 2 nitrogen and oxygen atoms in total. The Kier molecular flexibility index (Phi) is 2.04. The molecule has 0 spiro atoms. The Morgan fingerprint density at radius 3 is 2.58 bits per heavy atom. The highest BCUT2D eigenvalue weighted by molar-refractivity contribution is 9.10. The van der Waals surface area contributed by atoms with Crippen LogP contribution < -0.4 is 10.4 Å². The maximum absolute atomic E-state index is 3.40. The highest BCUT2D eigenvalue weighted by Gasteiger charge is 2.05. The molecular weight excluding hydrogens is 216 g/mol. The molecule has 3 heteroatoms. The molecule has 0 amide bonds. The minimum absolute atomic E-state index is 0.932. The van der Waals surface area contributed by atoms with Gasteiger partial charge in [0.15, 0.2) is 0 Å². The first-order valence-electron chi connectivity index (χ1n) is 3.80. The van der Waals surface area contributed by atoms with Gasteiger partial charge in [0, 0.05) is 10.7 Å². The van der Waals surface area contributed by atoms with E-state index in [4.69, 9.17) is 0 Å². The molecule has 0 saturated carbocycles. The van der Waals surface area contributed by atoms with Crippen molar-refractivity contribution >= 4 is 21.6 Å². The summed E-state index contributed by atoms with van der Waals surface area (Å²) in [6.45, 7) is 0.932. The van der Waals surface area contributed by atoms with E-state index in [0.29, 0.717) is 0 Å². The number of anilines is 1. The number of halogens is 1. The molecule has 1 heterocycles. The predicted octanol–water partition coefficient (Wildman–Crippen LogP) is 2.29. The van der Waals surface area contributed by atoms with E-state index in [1.165, 1.54) is 5.69 Å². The number of hydrazine groups is 1. The van der Waals surface area contributed by atoms with Gasteiger partial charge in [-0.2, -0.15) is 0 Å². The zero-order valence-electron chi connectivity index (χ0n) is 6.50. The smallest absolute Gasteiger partial charge is 0.0592 e. The van der Waals surface area contributed by atoms with Crippen LogP contribution in [0.5, 0.6) is 0 Å². The second-order valence-corrected chi connectivity index (χ2v) is 3.53. The molecular formula is C9H9BrN2. The van der Waals surface area contributed by atoms with Crippen LogP contribution >= 0.6 is 15.9 Å². The van der Waals surface area contributed by atoms with Gasteiger partial charge in [-0.1, -0.05) is 15.9 Å². The van der Waals surface area contributed by atoms with Crippen LogP contribution in [0.3, 0.4) is 0 Å². The molecule has 0 atom stereocenters. The molecule has 2 rings (SSSR count). The fraction of sp³-hybridized carbons (Fsp3) is 0.111. The van der Waals surface area contributed by atoms with Crippen LogP contribution in [0, 0.1) is 0 Å². The predicted molar refractivity (Wildman–Crippen MR) is 53.8 cm³/mol. The molecule has 1 aliphatic heterocycles. The molecule has 1 N–H and O–H groups in total. The summed E-state index contributed by atoms with van der Waals surface area (Å²) in [5, 5.41) is 2.08. The third-order valence-electron chi connectivity index (χ3n) is 1.77. The van der Waals surface area contributed by atoms with E-state index in [2.05, 4.69) is 44.6 Å². The minimum atomic E-state index is 0.932. The van der Waals surface area contributed by atoms with Crippen LogP contribution in [0.4, 0.5) is 5.69 Å². The molecule has 0 unspecified atom stereocenters. The molecule has 12 heavy (non-hydrogen) atoms. The van der Waals surface area contributed by atoms with Crippen molar-refractivity contribution in [3.05, 3.63) is 41.0 Å². The summed E-state index contributed by atoms with van der Waals surface area (Å²) < 4.78 is 1.11. The lowest BCUT2D eigenvalue weighted by atomic mass is 10.3. The first-order chi connectivity index (χ1) is 5.86. The molecule has 0 bridgehead atoms. The van der Waals surface area contributed by atoms with Crippen molar-refractivity contribution in [1.29, 1.82) is 0 Å². The molecule has 0 aliphatic carbocycles. The lowest BCUT2D eigenvalue weighted by Gasteiger charge is -2.17. The van der Waals surface area contributed by atoms with E-state index >= 15 is 0 Å². The van der Waals surface area contributed by atoms with Gasteiger partial charge >= 0.3 is 0 Å². The van der Waals surface area contributed by atoms with Gasteiger partial charge in [0.05, 0.1) is 12.2 Å². The summed E-state index contributed by atoms with van der Waals surface area (Å²) in [4.78, 5) is 0. The molecule has 0 radical (unpaired) electrons. The summed E-state index contributed by atoms with van der Waals surface area (Å²) in [5.41, 5.74) is 4.31. The highest BCUT2D eigenvalue weighted by atomic mass is 79.9. The monoisotopic (exact) mass is 224 g/mol. The summed E-state index contributed by atoms with van der Waals surface area (Å²) in [7, 11) is 0. The van der Waals surface area contributed by atoms with Crippen molar-refractivity contribution < 1.29 is 0 Å². The van der Waals surface area contributed by atoms with E-state index in [1.807, 2.05) is 18.3 Å². The molecule has 1 aliphatic rings. The van der Waals surface area contributed by atoms with Crippen molar-refractivity contribution in [3.8, 4) is 0 Å². The quantitative estimate of drug-likeness (QED) is 0.788. The molecule has 0 fully saturated rings. The van der Waals surface area contributed by atoms with Crippen LogP contribution in [0.15, 0.2) is 41.0 Å². The Hall–Kier alpha value is -0.960. The SMILES string of the molecule is Brc1ccc(N2CC=CN2)cc1. The number of hydrogen-bond acceptors (Lipinski definition) is 2. The minimum Gasteiger partial charge on any atom is -0.306 e. The van der Waals surface area contributed by atoms with Crippen molar-refractivity contribution in [1.82, 2.24) is 5.43 Å². The first kappa shape index (κ1) is 7.68. The molecule has 0 aromatic heterocycles. The van der Waals surface area contributed by atoms with E-state index in [9.17, 15) is 0 Å². The first-order valence-corrected chi connectivity index (χ1v) is 4.60. The summed E-state index contributed by atoms with van der Waals surface area (Å²) in [6.07, 6.45) is 4.03. The molecule has 0 saturated heterocycles. The Bertz CT molecular complexity index is 284. The Morgan fingerprint density at radius 2 is 2.00 bits per heavy atom. The Labute approximate surface area is 80.0 Å². The van der Waals surface area contributed by atoms with E-state index < -0.39 is 0 Å². The van der Waals surface area contributed by atoms with Crippen molar-refractivity contribution in [2.75, 3.05) is 11.6 Å². The second-order valence-electron chi connectivity index (χ2n) is 2.62. The van der Waals surface area contributed by atoms with Gasteiger partial charge in [-0.15, -0.1) is 0 Å². The van der Waals surface area contributed by atoms with E-state index in [0.717, 1.165) is 11.0 Å². The van der Waals surface area contributed by atoms with Crippen LogP contribution in [-0.4, -0.2) is 6.54 Å². The number of nitrogens with zero attached hydrogens (tertiary/aromatic N) is 1. The Morgan fingerprint density at radius 1 is 1.25 bits per heavy atom. The fourth-order valence-corrected chi connectivity index (χ4v) is 1.42. The van der Waals surface area contributed by atoms with Crippen LogP contribution in [0.25, 0.3) is 0 Å². The maximum Gasteiger partial charge on any atom is 0.0592 e. The second kappa shape index (κ2) is 3.19. The average molecular weight is 225 g/mol. The van der Waals surface area contributed by atoms with Gasteiger partial charge in [0.2, 0.25) is 0 Å². The zero-order chi connectivity index (χ0) is 8.39. The van der Waals surface area contributed by atoms with Crippen molar-refractivity contribution in [2.24, 2.45) is 0 Å². The standard InChI is InChI=1S/C9H9BrN2/c10-8-2-4-9(5-3-8)12-7-1-6-11-12/h1-6,11H,7H2. The number of hydrogen-bond donors (Lipinski definition) is 1. The lowest BCUT2D eigenvalue weighted by molar-refractivity contribution is 0.840. The summed E-state index contributed by atoms with van der Waals surface area (Å²) in [6, 6.07) is 8.22. The fourth-order valence-electron chi connectivity index (χ4n) is 1.15. The Balaban J connectivity index is 2.18. The van der Waals surface area contributed by atoms with Crippen molar-refractivity contribution in [2.45, 2.75) is 0 Å². The van der Waals surface area contributed by atoms with E-state index in [-0.39, 0.29) is 0 Å². The number of nitrogens with one attached hydrogen (secondary N) is 1. The number of benzene rings is 1. The highest BCUT2D eigenvalue weighted by Crippen LogP contribution is 2.17. The van der Waals surface area contributed by atoms with Crippen LogP contribution in [0.1, 0.15) is 0 Å². The van der Waals surface area contributed by atoms with Gasteiger partial charge < -0.3 is 5.43 Å². The molecule has 62 valence electrons.